The normalized spacial score (nSPS) is 11.4. The molecule has 142 valence electrons. The Morgan fingerprint density at radius 3 is 1.75 bits per heavy atom. The zero-order valence-electron chi connectivity index (χ0n) is 16.7. The van der Waals surface area contributed by atoms with E-state index < -0.39 is 0 Å². The number of rotatable bonds is 7. The second-order valence-electron chi connectivity index (χ2n) is 6.75. The van der Waals surface area contributed by atoms with Gasteiger partial charge in [-0.05, 0) is 41.3 Å². The van der Waals surface area contributed by atoms with Crippen molar-refractivity contribution in [2.45, 2.75) is 13.5 Å². The Hall–Kier alpha value is -3.10. The zero-order chi connectivity index (χ0) is 19.8. The molecule has 3 aromatic rings. The molecule has 0 N–H and O–H groups in total. The Bertz CT molecular complexity index is 949. The van der Waals surface area contributed by atoms with Crippen LogP contribution in [0.3, 0.4) is 0 Å². The largest absolute Gasteiger partial charge is 0.496 e. The van der Waals surface area contributed by atoms with Crippen LogP contribution >= 0.6 is 0 Å². The Morgan fingerprint density at radius 2 is 1.21 bits per heavy atom. The molecule has 0 aromatic heterocycles. The predicted octanol–water partition coefficient (Wildman–Crippen LogP) is 6.49. The second-order valence-corrected chi connectivity index (χ2v) is 6.75. The summed E-state index contributed by atoms with van der Waals surface area (Å²) in [5.74, 6) is 0.887. The van der Waals surface area contributed by atoms with Crippen LogP contribution < -0.4 is 4.74 Å². The number of aryl methyl sites for hydroxylation is 1. The molecule has 0 saturated carbocycles. The van der Waals surface area contributed by atoms with Crippen molar-refractivity contribution in [1.82, 2.24) is 0 Å². The fourth-order valence-electron chi connectivity index (χ4n) is 2.97. The molecule has 0 atom stereocenters. The first kappa shape index (κ1) is 19.7. The van der Waals surface area contributed by atoms with E-state index in [4.69, 9.17) is 9.47 Å². The lowest BCUT2D eigenvalue weighted by atomic mass is 10.1. The Labute approximate surface area is 167 Å². The molecule has 2 heteroatoms. The van der Waals surface area contributed by atoms with Gasteiger partial charge in [-0.2, -0.15) is 0 Å². The molecule has 2 nitrogen and oxygen atoms in total. The molecule has 3 aromatic carbocycles. The van der Waals surface area contributed by atoms with Gasteiger partial charge in [-0.1, -0.05) is 84.5 Å². The molecule has 3 rings (SSSR count). The zero-order valence-corrected chi connectivity index (χ0v) is 16.7. The molecule has 28 heavy (non-hydrogen) atoms. The van der Waals surface area contributed by atoms with Gasteiger partial charge in [0, 0.05) is 12.7 Å². The van der Waals surface area contributed by atoms with Gasteiger partial charge in [0.1, 0.15) is 5.75 Å². The maximum atomic E-state index is 5.44. The topological polar surface area (TPSA) is 18.5 Å². The number of benzene rings is 3. The van der Waals surface area contributed by atoms with Gasteiger partial charge in [-0.15, -0.1) is 0 Å². The molecule has 0 heterocycles. The Kier molecular flexibility index (Phi) is 6.83. The van der Waals surface area contributed by atoms with Gasteiger partial charge < -0.3 is 9.47 Å². The molecule has 0 radical (unpaired) electrons. The third-order valence-electron chi connectivity index (χ3n) is 4.54. The lowest BCUT2D eigenvalue weighted by molar-refractivity contribution is 0.185. The summed E-state index contributed by atoms with van der Waals surface area (Å²) < 4.78 is 10.6. The number of methoxy groups -OCH3 is 2. The van der Waals surface area contributed by atoms with E-state index >= 15 is 0 Å². The van der Waals surface area contributed by atoms with Crippen molar-refractivity contribution in [3.05, 3.63) is 100 Å². The molecule has 0 amide bonds. The summed E-state index contributed by atoms with van der Waals surface area (Å²) >= 11 is 0. The van der Waals surface area contributed by atoms with E-state index in [1.165, 1.54) is 22.3 Å². The summed E-state index contributed by atoms with van der Waals surface area (Å²) in [6.07, 6.45) is 8.46. The molecule has 0 aliphatic carbocycles. The standard InChI is InChI=1S/C26H26O2/c1-20-4-17-26(28-3)25(18-20)16-15-23-9-7-21(8-10-23)5-6-22-11-13-24(14-12-22)19-27-2/h4-18H,19H2,1-3H3/b6-5+,16-15+. The lowest BCUT2D eigenvalue weighted by Gasteiger charge is -2.05. The van der Waals surface area contributed by atoms with Crippen LogP contribution in [0.4, 0.5) is 0 Å². The molecule has 0 aliphatic rings. The first-order chi connectivity index (χ1) is 13.7. The summed E-state index contributed by atoms with van der Waals surface area (Å²) in [5, 5.41) is 0. The van der Waals surface area contributed by atoms with Crippen molar-refractivity contribution in [1.29, 1.82) is 0 Å². The molecule has 0 spiro atoms. The summed E-state index contributed by atoms with van der Waals surface area (Å²) in [5.41, 5.74) is 6.99. The van der Waals surface area contributed by atoms with Crippen LogP contribution in [0.1, 0.15) is 33.4 Å². The molecule has 0 fully saturated rings. The summed E-state index contributed by atoms with van der Waals surface area (Å²) in [4.78, 5) is 0. The SMILES string of the molecule is COCc1ccc(/C=C/c2ccc(/C=C/c3cc(C)ccc3OC)cc2)cc1. The van der Waals surface area contributed by atoms with Crippen LogP contribution in [0, 0.1) is 6.92 Å². The van der Waals surface area contributed by atoms with Crippen LogP contribution in [-0.4, -0.2) is 14.2 Å². The molecule has 0 aliphatic heterocycles. The van der Waals surface area contributed by atoms with Crippen LogP contribution in [-0.2, 0) is 11.3 Å². The van der Waals surface area contributed by atoms with E-state index in [-0.39, 0.29) is 0 Å². The smallest absolute Gasteiger partial charge is 0.126 e. The van der Waals surface area contributed by atoms with Gasteiger partial charge in [0.25, 0.3) is 0 Å². The molecular weight excluding hydrogens is 344 g/mol. The highest BCUT2D eigenvalue weighted by Gasteiger charge is 1.99. The third-order valence-corrected chi connectivity index (χ3v) is 4.54. The van der Waals surface area contributed by atoms with E-state index in [0.29, 0.717) is 6.61 Å². The van der Waals surface area contributed by atoms with Gasteiger partial charge in [-0.3, -0.25) is 0 Å². The maximum Gasteiger partial charge on any atom is 0.126 e. The molecule has 0 bridgehead atoms. The van der Waals surface area contributed by atoms with E-state index in [9.17, 15) is 0 Å². The minimum Gasteiger partial charge on any atom is -0.496 e. The first-order valence-electron chi connectivity index (χ1n) is 9.36. The van der Waals surface area contributed by atoms with E-state index in [1.807, 2.05) is 6.07 Å². The lowest BCUT2D eigenvalue weighted by Crippen LogP contribution is -1.87. The fourth-order valence-corrected chi connectivity index (χ4v) is 2.97. The van der Waals surface area contributed by atoms with E-state index in [1.54, 1.807) is 14.2 Å². The van der Waals surface area contributed by atoms with E-state index in [0.717, 1.165) is 16.9 Å². The quantitative estimate of drug-likeness (QED) is 0.443. The minimum absolute atomic E-state index is 0.646. The first-order valence-corrected chi connectivity index (χ1v) is 9.36. The van der Waals surface area contributed by atoms with Gasteiger partial charge >= 0.3 is 0 Å². The number of ether oxygens (including phenoxy) is 2. The maximum absolute atomic E-state index is 5.44. The summed E-state index contributed by atoms with van der Waals surface area (Å²) in [7, 11) is 3.41. The summed E-state index contributed by atoms with van der Waals surface area (Å²) in [6.45, 7) is 2.73. The Balaban J connectivity index is 1.67. The van der Waals surface area contributed by atoms with Gasteiger partial charge in [0.2, 0.25) is 0 Å². The highest BCUT2D eigenvalue weighted by molar-refractivity contribution is 5.74. The molecular formula is C26H26O2. The number of hydrogen-bond donors (Lipinski definition) is 0. The highest BCUT2D eigenvalue weighted by Crippen LogP contribution is 2.22. The van der Waals surface area contributed by atoms with E-state index in [2.05, 4.69) is 91.9 Å². The average molecular weight is 370 g/mol. The van der Waals surface area contributed by atoms with Crippen LogP contribution in [0.15, 0.2) is 66.7 Å². The van der Waals surface area contributed by atoms with Crippen molar-refractivity contribution < 1.29 is 9.47 Å². The minimum atomic E-state index is 0.646. The van der Waals surface area contributed by atoms with Gasteiger partial charge in [0.15, 0.2) is 0 Å². The molecule has 0 unspecified atom stereocenters. The average Bonchev–Trinajstić information content (AvgIpc) is 2.73. The monoisotopic (exact) mass is 370 g/mol. The van der Waals surface area contributed by atoms with Crippen LogP contribution in [0.25, 0.3) is 24.3 Å². The highest BCUT2D eigenvalue weighted by atomic mass is 16.5. The van der Waals surface area contributed by atoms with Crippen molar-refractivity contribution in [3.8, 4) is 5.75 Å². The van der Waals surface area contributed by atoms with Gasteiger partial charge in [0.05, 0.1) is 13.7 Å². The summed E-state index contributed by atoms with van der Waals surface area (Å²) in [6, 6.07) is 23.1. The fraction of sp³-hybridized carbons (Fsp3) is 0.154. The van der Waals surface area contributed by atoms with Gasteiger partial charge in [-0.25, -0.2) is 0 Å². The number of hydrogen-bond acceptors (Lipinski definition) is 2. The van der Waals surface area contributed by atoms with Crippen molar-refractivity contribution >= 4 is 24.3 Å². The van der Waals surface area contributed by atoms with Crippen molar-refractivity contribution in [3.63, 3.8) is 0 Å². The van der Waals surface area contributed by atoms with Crippen LogP contribution in [0.2, 0.25) is 0 Å². The molecule has 0 saturated heterocycles. The van der Waals surface area contributed by atoms with Crippen molar-refractivity contribution in [2.75, 3.05) is 14.2 Å². The third kappa shape index (κ3) is 5.45. The van der Waals surface area contributed by atoms with Crippen LogP contribution in [0.5, 0.6) is 5.75 Å². The Morgan fingerprint density at radius 1 is 0.679 bits per heavy atom. The predicted molar refractivity (Wildman–Crippen MR) is 119 cm³/mol. The van der Waals surface area contributed by atoms with Crippen molar-refractivity contribution in [2.24, 2.45) is 0 Å². The second kappa shape index (κ2) is 9.72.